The molecule has 1 aliphatic carbocycles. The molecule has 0 radical (unpaired) electrons. The number of para-hydroxylation sites is 1. The number of nitrogens with zero attached hydrogens (tertiary/aromatic N) is 1. The van der Waals surface area contributed by atoms with Crippen molar-refractivity contribution in [1.82, 2.24) is 4.98 Å². The van der Waals surface area contributed by atoms with Crippen LogP contribution in [0.5, 0.6) is 0 Å². The first-order chi connectivity index (χ1) is 12.4. The van der Waals surface area contributed by atoms with E-state index in [0.717, 1.165) is 42.9 Å². The Balaban J connectivity index is 1.66. The fraction of sp³-hybridized carbons (Fsp3) is 0.455. The van der Waals surface area contributed by atoms with Crippen LogP contribution >= 0.6 is 0 Å². The number of amides is 1. The van der Waals surface area contributed by atoms with Gasteiger partial charge in [0.05, 0.1) is 11.9 Å². The Morgan fingerprint density at radius 2 is 1.77 bits per heavy atom. The lowest BCUT2D eigenvalue weighted by Gasteiger charge is -2.23. The van der Waals surface area contributed by atoms with Crippen molar-refractivity contribution < 1.29 is 4.79 Å². The number of anilines is 3. The molecular formula is C22H29N3O. The summed E-state index contributed by atoms with van der Waals surface area (Å²) >= 11 is 0. The highest BCUT2D eigenvalue weighted by molar-refractivity contribution is 5.92. The number of pyridine rings is 1. The summed E-state index contributed by atoms with van der Waals surface area (Å²) in [7, 11) is 0. The van der Waals surface area contributed by atoms with E-state index in [2.05, 4.69) is 54.6 Å². The highest BCUT2D eigenvalue weighted by atomic mass is 16.1. The molecule has 3 rings (SSSR count). The molecule has 4 heteroatoms. The van der Waals surface area contributed by atoms with Crippen molar-refractivity contribution in [3.8, 4) is 0 Å². The van der Waals surface area contributed by atoms with Crippen LogP contribution in [0.25, 0.3) is 0 Å². The molecule has 1 amide bonds. The van der Waals surface area contributed by atoms with E-state index in [9.17, 15) is 4.79 Å². The zero-order valence-corrected chi connectivity index (χ0v) is 16.0. The minimum absolute atomic E-state index is 0.0531. The zero-order valence-electron chi connectivity index (χ0n) is 16.0. The lowest BCUT2D eigenvalue weighted by Crippen LogP contribution is -2.24. The molecule has 1 saturated carbocycles. The Bertz CT molecular complexity index is 741. The molecular weight excluding hydrogens is 322 g/mol. The fourth-order valence-electron chi connectivity index (χ4n) is 3.53. The molecule has 0 saturated heterocycles. The summed E-state index contributed by atoms with van der Waals surface area (Å²) in [6.45, 7) is 6.60. The van der Waals surface area contributed by atoms with E-state index < -0.39 is 0 Å². The van der Waals surface area contributed by atoms with E-state index >= 15 is 0 Å². The Labute approximate surface area is 156 Å². The molecule has 2 N–H and O–H groups in total. The Hall–Kier alpha value is -2.36. The third-order valence-corrected chi connectivity index (χ3v) is 5.00. The maximum Gasteiger partial charge on any atom is 0.227 e. The second-order valence-electron chi connectivity index (χ2n) is 8.18. The van der Waals surface area contributed by atoms with Gasteiger partial charge in [0.15, 0.2) is 0 Å². The van der Waals surface area contributed by atoms with Crippen molar-refractivity contribution in [3.05, 3.63) is 48.2 Å². The maximum absolute atomic E-state index is 12.3. The molecule has 1 fully saturated rings. The summed E-state index contributed by atoms with van der Waals surface area (Å²) < 4.78 is 0. The molecule has 2 aromatic rings. The van der Waals surface area contributed by atoms with E-state index in [1.165, 1.54) is 12.0 Å². The zero-order chi connectivity index (χ0) is 18.6. The van der Waals surface area contributed by atoms with Gasteiger partial charge >= 0.3 is 0 Å². The largest absolute Gasteiger partial charge is 0.340 e. The number of aromatic nitrogens is 1. The van der Waals surface area contributed by atoms with Crippen LogP contribution < -0.4 is 10.6 Å². The molecule has 0 bridgehead atoms. The summed E-state index contributed by atoms with van der Waals surface area (Å²) in [6.07, 6.45) is 7.30. The third kappa shape index (κ3) is 4.63. The van der Waals surface area contributed by atoms with Gasteiger partial charge in [-0.1, -0.05) is 58.2 Å². The lowest BCUT2D eigenvalue weighted by atomic mass is 9.86. The van der Waals surface area contributed by atoms with Crippen LogP contribution in [-0.4, -0.2) is 10.9 Å². The number of benzene rings is 1. The molecule has 26 heavy (non-hydrogen) atoms. The van der Waals surface area contributed by atoms with Crippen molar-refractivity contribution in [1.29, 1.82) is 0 Å². The summed E-state index contributed by atoms with van der Waals surface area (Å²) in [5.41, 5.74) is 3.12. The molecule has 1 aromatic carbocycles. The first-order valence-corrected chi connectivity index (χ1v) is 9.57. The number of nitrogens with one attached hydrogen (secondary N) is 2. The van der Waals surface area contributed by atoms with Crippen LogP contribution in [0.3, 0.4) is 0 Å². The Morgan fingerprint density at radius 3 is 2.42 bits per heavy atom. The van der Waals surface area contributed by atoms with Gasteiger partial charge < -0.3 is 10.6 Å². The average molecular weight is 351 g/mol. The lowest BCUT2D eigenvalue weighted by molar-refractivity contribution is -0.120. The van der Waals surface area contributed by atoms with Crippen LogP contribution in [0.4, 0.5) is 17.2 Å². The molecule has 138 valence electrons. The molecule has 4 nitrogen and oxygen atoms in total. The van der Waals surface area contributed by atoms with E-state index in [0.29, 0.717) is 0 Å². The summed E-state index contributed by atoms with van der Waals surface area (Å²) in [5, 5.41) is 6.41. The first-order valence-electron chi connectivity index (χ1n) is 9.57. The summed E-state index contributed by atoms with van der Waals surface area (Å²) in [6, 6.07) is 12.1. The van der Waals surface area contributed by atoms with Gasteiger partial charge in [-0.05, 0) is 42.0 Å². The van der Waals surface area contributed by atoms with Gasteiger partial charge in [-0.25, -0.2) is 4.98 Å². The predicted molar refractivity (Wildman–Crippen MR) is 108 cm³/mol. The first kappa shape index (κ1) is 18.4. The maximum atomic E-state index is 12.3. The SMILES string of the molecule is CC(C)(C)c1ccccc1Nc1ccc(NC(=O)C2CCCCC2)cn1. The molecule has 0 aliphatic heterocycles. The van der Waals surface area contributed by atoms with Gasteiger partial charge in [0.25, 0.3) is 0 Å². The average Bonchev–Trinajstić information content (AvgIpc) is 2.63. The van der Waals surface area contributed by atoms with Crippen molar-refractivity contribution in [2.45, 2.75) is 58.3 Å². The number of carbonyl (C=O) groups is 1. The molecule has 0 unspecified atom stereocenters. The molecule has 1 heterocycles. The van der Waals surface area contributed by atoms with Gasteiger partial charge in [0, 0.05) is 11.6 Å². The van der Waals surface area contributed by atoms with Crippen LogP contribution in [-0.2, 0) is 10.2 Å². The third-order valence-electron chi connectivity index (χ3n) is 5.00. The van der Waals surface area contributed by atoms with E-state index in [-0.39, 0.29) is 17.2 Å². The standard InChI is InChI=1S/C22H29N3O/c1-22(2,3)18-11-7-8-12-19(18)25-20-14-13-17(15-23-20)24-21(26)16-9-5-4-6-10-16/h7-8,11-16H,4-6,9-10H2,1-3H3,(H,23,25)(H,24,26). The normalized spacial score (nSPS) is 15.5. The van der Waals surface area contributed by atoms with Crippen LogP contribution in [0.2, 0.25) is 0 Å². The van der Waals surface area contributed by atoms with Gasteiger partial charge in [-0.2, -0.15) is 0 Å². The molecule has 0 atom stereocenters. The number of rotatable bonds is 4. The number of hydrogen-bond acceptors (Lipinski definition) is 3. The van der Waals surface area contributed by atoms with E-state index in [1.54, 1.807) is 6.20 Å². The highest BCUT2D eigenvalue weighted by Crippen LogP contribution is 2.31. The second-order valence-corrected chi connectivity index (χ2v) is 8.18. The van der Waals surface area contributed by atoms with Gasteiger partial charge in [0.2, 0.25) is 5.91 Å². The van der Waals surface area contributed by atoms with Gasteiger partial charge in [-0.3, -0.25) is 4.79 Å². The van der Waals surface area contributed by atoms with Crippen molar-refractivity contribution in [2.75, 3.05) is 10.6 Å². The monoisotopic (exact) mass is 351 g/mol. The Morgan fingerprint density at radius 1 is 1.04 bits per heavy atom. The predicted octanol–water partition coefficient (Wildman–Crippen LogP) is 5.64. The quantitative estimate of drug-likeness (QED) is 0.749. The van der Waals surface area contributed by atoms with Crippen LogP contribution in [0.1, 0.15) is 58.4 Å². The second kappa shape index (κ2) is 7.90. The van der Waals surface area contributed by atoms with Crippen molar-refractivity contribution in [2.24, 2.45) is 5.92 Å². The topological polar surface area (TPSA) is 54.0 Å². The summed E-state index contributed by atoms with van der Waals surface area (Å²) in [5.74, 6) is 1.06. The molecule has 1 aliphatic rings. The van der Waals surface area contributed by atoms with Gasteiger partial charge in [0.1, 0.15) is 5.82 Å². The van der Waals surface area contributed by atoms with Crippen LogP contribution in [0, 0.1) is 5.92 Å². The number of carbonyl (C=O) groups excluding carboxylic acids is 1. The summed E-state index contributed by atoms with van der Waals surface area (Å²) in [4.78, 5) is 16.8. The smallest absolute Gasteiger partial charge is 0.227 e. The fourth-order valence-corrected chi connectivity index (χ4v) is 3.53. The minimum Gasteiger partial charge on any atom is -0.340 e. The van der Waals surface area contributed by atoms with Crippen LogP contribution in [0.15, 0.2) is 42.6 Å². The van der Waals surface area contributed by atoms with Crippen molar-refractivity contribution >= 4 is 23.1 Å². The Kier molecular flexibility index (Phi) is 5.60. The van der Waals surface area contributed by atoms with E-state index in [4.69, 9.17) is 0 Å². The molecule has 1 aromatic heterocycles. The highest BCUT2D eigenvalue weighted by Gasteiger charge is 2.21. The minimum atomic E-state index is 0.0531. The number of hydrogen-bond donors (Lipinski definition) is 2. The van der Waals surface area contributed by atoms with Gasteiger partial charge in [-0.15, -0.1) is 0 Å². The molecule has 0 spiro atoms. The van der Waals surface area contributed by atoms with E-state index in [1.807, 2.05) is 18.2 Å². The van der Waals surface area contributed by atoms with Crippen molar-refractivity contribution in [3.63, 3.8) is 0 Å².